The Morgan fingerprint density at radius 1 is 0.391 bits per heavy atom. The number of fused-ring (bicyclic) bond motifs is 12. The summed E-state index contributed by atoms with van der Waals surface area (Å²) in [4.78, 5) is 2.60. The van der Waals surface area contributed by atoms with Crippen LogP contribution < -0.4 is 0 Å². The Bertz CT molecular complexity index is 2970. The summed E-state index contributed by atoms with van der Waals surface area (Å²) in [7, 11) is 0. The van der Waals surface area contributed by atoms with E-state index in [0.29, 0.717) is 0 Å². The van der Waals surface area contributed by atoms with Crippen molar-refractivity contribution in [1.82, 2.24) is 4.40 Å². The van der Waals surface area contributed by atoms with E-state index in [0.717, 1.165) is 0 Å². The third-order valence-corrected chi connectivity index (χ3v) is 11.3. The van der Waals surface area contributed by atoms with E-state index in [2.05, 4.69) is 156 Å². The molecule has 0 saturated heterocycles. The SMILES string of the molecule is c1ccc(-c2cc3cccc4c5cc(-c6cccc7c8ccccc8c8ccccc8c67)sc5n5c6ccccc6c2c5c34)cc1. The van der Waals surface area contributed by atoms with Gasteiger partial charge in [-0.2, -0.15) is 0 Å². The highest BCUT2D eigenvalue weighted by Gasteiger charge is 2.23. The van der Waals surface area contributed by atoms with Crippen molar-refractivity contribution in [2.45, 2.75) is 0 Å². The second-order valence-corrected chi connectivity index (χ2v) is 13.4. The van der Waals surface area contributed by atoms with Crippen LogP contribution in [0.25, 0.3) is 102 Å². The lowest BCUT2D eigenvalue weighted by molar-refractivity contribution is 1.38. The number of rotatable bonds is 2. The quantitative estimate of drug-likeness (QED) is 0.174. The predicted octanol–water partition coefficient (Wildman–Crippen LogP) is 12.8. The van der Waals surface area contributed by atoms with Crippen LogP contribution in [0.4, 0.5) is 0 Å². The topological polar surface area (TPSA) is 4.41 Å². The lowest BCUT2D eigenvalue weighted by Gasteiger charge is -2.13. The molecule has 0 aliphatic carbocycles. The molecule has 0 atom stereocenters. The van der Waals surface area contributed by atoms with Gasteiger partial charge in [-0.05, 0) is 72.4 Å². The van der Waals surface area contributed by atoms with E-state index >= 15 is 0 Å². The van der Waals surface area contributed by atoms with Crippen molar-refractivity contribution in [2.24, 2.45) is 0 Å². The maximum absolute atomic E-state index is 2.56. The number of hydrogen-bond donors (Lipinski definition) is 0. The first kappa shape index (κ1) is 24.6. The van der Waals surface area contributed by atoms with Crippen LogP contribution in [-0.2, 0) is 0 Å². The van der Waals surface area contributed by atoms with Crippen molar-refractivity contribution in [3.8, 4) is 21.6 Å². The maximum atomic E-state index is 2.56. The number of aromatic nitrogens is 1. The standard InChI is InChI=1S/C44H25NS/c1-2-12-26(13-3-1)36-24-27-14-10-20-33-37-25-39(46-44(37)45-38-23-9-8-19-34(38)42(36)43(45)40(27)33)35-22-11-21-32-30-16-5-4-15-28(30)29-17-6-7-18-31(29)41(32)35/h1-25H. The monoisotopic (exact) mass is 599 g/mol. The molecule has 212 valence electrons. The van der Waals surface area contributed by atoms with Gasteiger partial charge in [-0.15, -0.1) is 11.3 Å². The highest BCUT2D eigenvalue weighted by Crippen LogP contribution is 2.49. The smallest absolute Gasteiger partial charge is 0.109 e. The Morgan fingerprint density at radius 3 is 1.74 bits per heavy atom. The van der Waals surface area contributed by atoms with Gasteiger partial charge < -0.3 is 0 Å². The molecule has 11 rings (SSSR count). The third-order valence-electron chi connectivity index (χ3n) is 10.1. The fourth-order valence-electron chi connectivity index (χ4n) is 8.25. The molecular formula is C44H25NS. The van der Waals surface area contributed by atoms with Gasteiger partial charge in [0.05, 0.1) is 11.0 Å². The summed E-state index contributed by atoms with van der Waals surface area (Å²) in [5, 5.41) is 15.8. The van der Waals surface area contributed by atoms with Crippen molar-refractivity contribution < 1.29 is 0 Å². The fraction of sp³-hybridized carbons (Fsp3) is 0. The Morgan fingerprint density at radius 2 is 0.978 bits per heavy atom. The molecule has 0 bridgehead atoms. The molecule has 0 aliphatic heterocycles. The summed E-state index contributed by atoms with van der Waals surface area (Å²) in [6.45, 7) is 0. The van der Waals surface area contributed by atoms with Crippen molar-refractivity contribution in [1.29, 1.82) is 0 Å². The minimum atomic E-state index is 1.25. The lowest BCUT2D eigenvalue weighted by atomic mass is 9.91. The van der Waals surface area contributed by atoms with Crippen LogP contribution in [0.3, 0.4) is 0 Å². The summed E-state index contributed by atoms with van der Waals surface area (Å²) >= 11 is 1.92. The number of para-hydroxylation sites is 1. The molecule has 0 aliphatic rings. The summed E-state index contributed by atoms with van der Waals surface area (Å²) in [5.74, 6) is 0. The van der Waals surface area contributed by atoms with Crippen LogP contribution in [0, 0.1) is 0 Å². The summed E-state index contributed by atoms with van der Waals surface area (Å²) in [5.41, 5.74) is 6.44. The van der Waals surface area contributed by atoms with E-state index in [1.165, 1.54) is 102 Å². The second-order valence-electron chi connectivity index (χ2n) is 12.4. The van der Waals surface area contributed by atoms with Gasteiger partial charge in [0.1, 0.15) is 4.83 Å². The highest BCUT2D eigenvalue weighted by molar-refractivity contribution is 7.22. The van der Waals surface area contributed by atoms with Crippen molar-refractivity contribution in [3.63, 3.8) is 0 Å². The van der Waals surface area contributed by atoms with Crippen molar-refractivity contribution >= 4 is 91.8 Å². The van der Waals surface area contributed by atoms with Crippen molar-refractivity contribution in [3.05, 3.63) is 152 Å². The zero-order valence-electron chi connectivity index (χ0n) is 24.8. The van der Waals surface area contributed by atoms with Crippen LogP contribution in [0.5, 0.6) is 0 Å². The normalized spacial score (nSPS) is 12.3. The predicted molar refractivity (Wildman–Crippen MR) is 200 cm³/mol. The van der Waals surface area contributed by atoms with Gasteiger partial charge in [-0.3, -0.25) is 4.40 Å². The molecule has 46 heavy (non-hydrogen) atoms. The average Bonchev–Trinajstić information content (AvgIpc) is 3.72. The first-order valence-corrected chi connectivity index (χ1v) is 16.7. The second kappa shape index (κ2) is 8.94. The Balaban J connectivity index is 1.34. The largest absolute Gasteiger partial charge is 0.299 e. The molecule has 2 heteroatoms. The van der Waals surface area contributed by atoms with Crippen LogP contribution in [0.1, 0.15) is 0 Å². The maximum Gasteiger partial charge on any atom is 0.109 e. The molecule has 0 fully saturated rings. The number of pyridine rings is 1. The molecule has 0 radical (unpaired) electrons. The third kappa shape index (κ3) is 3.09. The Labute approximate surface area is 268 Å². The van der Waals surface area contributed by atoms with Gasteiger partial charge in [-0.1, -0.05) is 133 Å². The van der Waals surface area contributed by atoms with Gasteiger partial charge in [0.15, 0.2) is 0 Å². The summed E-state index contributed by atoms with van der Waals surface area (Å²) in [6, 6.07) is 56.2. The molecule has 11 aromatic rings. The van der Waals surface area contributed by atoms with Gasteiger partial charge in [0, 0.05) is 32.0 Å². The fourth-order valence-corrected chi connectivity index (χ4v) is 9.47. The summed E-state index contributed by atoms with van der Waals surface area (Å²) in [6.07, 6.45) is 0. The lowest BCUT2D eigenvalue weighted by Crippen LogP contribution is -1.90. The minimum absolute atomic E-state index is 1.25. The van der Waals surface area contributed by atoms with E-state index in [9.17, 15) is 0 Å². The first-order valence-electron chi connectivity index (χ1n) is 15.9. The van der Waals surface area contributed by atoms with Crippen molar-refractivity contribution in [2.75, 3.05) is 0 Å². The van der Waals surface area contributed by atoms with E-state index in [1.807, 2.05) is 11.3 Å². The molecule has 1 nitrogen and oxygen atoms in total. The van der Waals surface area contributed by atoms with Gasteiger partial charge in [0.25, 0.3) is 0 Å². The number of nitrogens with zero attached hydrogens (tertiary/aromatic N) is 1. The zero-order valence-corrected chi connectivity index (χ0v) is 25.6. The van der Waals surface area contributed by atoms with Crippen LogP contribution in [0.15, 0.2) is 152 Å². The van der Waals surface area contributed by atoms with E-state index in [4.69, 9.17) is 0 Å². The van der Waals surface area contributed by atoms with Gasteiger partial charge in [-0.25, -0.2) is 0 Å². The number of thiophene rings is 1. The molecule has 0 amide bonds. The van der Waals surface area contributed by atoms with E-state index in [1.54, 1.807) is 0 Å². The number of hydrogen-bond acceptors (Lipinski definition) is 1. The molecule has 3 aromatic heterocycles. The Kier molecular flexibility index (Phi) is 4.78. The first-order chi connectivity index (χ1) is 22.8. The zero-order chi connectivity index (χ0) is 29.9. The van der Waals surface area contributed by atoms with E-state index in [-0.39, 0.29) is 0 Å². The van der Waals surface area contributed by atoms with E-state index < -0.39 is 0 Å². The van der Waals surface area contributed by atoms with Crippen LogP contribution in [0.2, 0.25) is 0 Å². The molecule has 0 unspecified atom stereocenters. The molecule has 0 spiro atoms. The highest BCUT2D eigenvalue weighted by atomic mass is 32.1. The van der Waals surface area contributed by atoms with Gasteiger partial charge >= 0.3 is 0 Å². The Hall–Kier alpha value is -5.70. The molecule has 8 aromatic carbocycles. The minimum Gasteiger partial charge on any atom is -0.299 e. The summed E-state index contributed by atoms with van der Waals surface area (Å²) < 4.78 is 2.56. The molecule has 0 N–H and O–H groups in total. The van der Waals surface area contributed by atoms with Crippen LogP contribution in [-0.4, -0.2) is 4.40 Å². The van der Waals surface area contributed by atoms with Gasteiger partial charge in [0.2, 0.25) is 0 Å². The molecule has 3 heterocycles. The molecule has 0 saturated carbocycles. The van der Waals surface area contributed by atoms with Crippen LogP contribution >= 0.6 is 11.3 Å². The number of benzene rings is 8. The molecular weight excluding hydrogens is 575 g/mol. The average molecular weight is 600 g/mol.